The molecule has 0 amide bonds. The van der Waals surface area contributed by atoms with Crippen LogP contribution in [0.5, 0.6) is 0 Å². The van der Waals surface area contributed by atoms with Crippen LogP contribution >= 0.6 is 0 Å². The van der Waals surface area contributed by atoms with Crippen molar-refractivity contribution >= 4 is 17.2 Å². The number of rotatable bonds is 3. The second-order valence-electron chi connectivity index (χ2n) is 3.64. The highest BCUT2D eigenvalue weighted by molar-refractivity contribution is 5.70. The molecule has 0 spiro atoms. The molecule has 1 aromatic heterocycles. The van der Waals surface area contributed by atoms with Crippen molar-refractivity contribution in [3.63, 3.8) is 0 Å². The van der Waals surface area contributed by atoms with Gasteiger partial charge in [-0.05, 0) is 43.3 Å². The van der Waals surface area contributed by atoms with Crippen LogP contribution in [0.1, 0.15) is 6.92 Å². The van der Waals surface area contributed by atoms with Gasteiger partial charge < -0.3 is 10.6 Å². The molecule has 2 N–H and O–H groups in total. The van der Waals surface area contributed by atoms with Crippen molar-refractivity contribution < 1.29 is 4.39 Å². The second kappa shape index (κ2) is 4.82. The highest BCUT2D eigenvalue weighted by Gasteiger charge is 2.11. The van der Waals surface area contributed by atoms with Crippen LogP contribution in [-0.4, -0.2) is 11.5 Å². The maximum Gasteiger partial charge on any atom is 0.156 e. The van der Waals surface area contributed by atoms with Crippen LogP contribution in [0.15, 0.2) is 42.6 Å². The summed E-state index contributed by atoms with van der Waals surface area (Å²) in [6.07, 6.45) is 1.69. The number of aromatic nitrogens is 1. The largest absolute Gasteiger partial charge is 0.396 e. The molecule has 4 heteroatoms. The fraction of sp³-hybridized carbons (Fsp3) is 0.154. The van der Waals surface area contributed by atoms with Gasteiger partial charge in [-0.25, -0.2) is 9.37 Å². The monoisotopic (exact) mass is 231 g/mol. The average molecular weight is 231 g/mol. The lowest BCUT2D eigenvalue weighted by atomic mass is 10.2. The summed E-state index contributed by atoms with van der Waals surface area (Å²) in [4.78, 5) is 6.19. The van der Waals surface area contributed by atoms with Crippen molar-refractivity contribution in [2.24, 2.45) is 0 Å². The summed E-state index contributed by atoms with van der Waals surface area (Å²) in [5, 5.41) is 0. The van der Waals surface area contributed by atoms with E-state index in [1.54, 1.807) is 30.5 Å². The van der Waals surface area contributed by atoms with E-state index in [1.807, 2.05) is 11.8 Å². The van der Waals surface area contributed by atoms with Gasteiger partial charge in [-0.1, -0.05) is 0 Å². The van der Waals surface area contributed by atoms with E-state index in [-0.39, 0.29) is 5.82 Å². The van der Waals surface area contributed by atoms with Gasteiger partial charge in [-0.15, -0.1) is 0 Å². The SMILES string of the molecule is CCN(c1ccc(F)cc1)c1ncccc1N. The third-order valence-electron chi connectivity index (χ3n) is 2.53. The van der Waals surface area contributed by atoms with Crippen molar-refractivity contribution in [1.29, 1.82) is 0 Å². The Kier molecular flexibility index (Phi) is 3.23. The van der Waals surface area contributed by atoms with E-state index in [2.05, 4.69) is 4.98 Å². The van der Waals surface area contributed by atoms with Crippen LogP contribution in [-0.2, 0) is 0 Å². The molecule has 17 heavy (non-hydrogen) atoms. The first-order valence-electron chi connectivity index (χ1n) is 5.46. The Morgan fingerprint density at radius 2 is 1.94 bits per heavy atom. The summed E-state index contributed by atoms with van der Waals surface area (Å²) >= 11 is 0. The summed E-state index contributed by atoms with van der Waals surface area (Å²) in [6.45, 7) is 2.71. The van der Waals surface area contributed by atoms with Crippen molar-refractivity contribution in [3.05, 3.63) is 48.4 Å². The minimum atomic E-state index is -0.251. The molecular formula is C13H14FN3. The molecule has 0 aliphatic carbocycles. The zero-order chi connectivity index (χ0) is 12.3. The Labute approximate surface area is 99.7 Å². The predicted octanol–water partition coefficient (Wildman–Crippen LogP) is 2.96. The fourth-order valence-corrected chi connectivity index (χ4v) is 1.71. The van der Waals surface area contributed by atoms with Crippen LogP contribution in [0, 0.1) is 5.82 Å². The molecule has 1 heterocycles. The summed E-state index contributed by atoms with van der Waals surface area (Å²) in [5.74, 6) is 0.445. The Morgan fingerprint density at radius 3 is 2.53 bits per heavy atom. The Hall–Kier alpha value is -2.10. The van der Waals surface area contributed by atoms with Crippen LogP contribution in [0.4, 0.5) is 21.6 Å². The quantitative estimate of drug-likeness (QED) is 0.883. The normalized spacial score (nSPS) is 10.2. The third-order valence-corrected chi connectivity index (χ3v) is 2.53. The molecule has 0 radical (unpaired) electrons. The second-order valence-corrected chi connectivity index (χ2v) is 3.64. The van der Waals surface area contributed by atoms with Gasteiger partial charge in [0.15, 0.2) is 5.82 Å². The standard InChI is InChI=1S/C13H14FN3/c1-2-17(11-7-5-10(14)6-8-11)13-12(15)4-3-9-16-13/h3-9H,2,15H2,1H3. The minimum Gasteiger partial charge on any atom is -0.396 e. The Balaban J connectivity index is 2.40. The van der Waals surface area contributed by atoms with Crippen LogP contribution in [0.2, 0.25) is 0 Å². The lowest BCUT2D eigenvalue weighted by Gasteiger charge is -2.23. The van der Waals surface area contributed by atoms with E-state index in [0.29, 0.717) is 18.1 Å². The topological polar surface area (TPSA) is 42.2 Å². The van der Waals surface area contributed by atoms with E-state index >= 15 is 0 Å². The molecule has 0 aliphatic rings. The number of pyridine rings is 1. The molecule has 0 unspecified atom stereocenters. The lowest BCUT2D eigenvalue weighted by Crippen LogP contribution is -2.18. The summed E-state index contributed by atoms with van der Waals surface area (Å²) in [7, 11) is 0. The van der Waals surface area contributed by atoms with Crippen LogP contribution in [0.25, 0.3) is 0 Å². The number of benzene rings is 1. The van der Waals surface area contributed by atoms with Gasteiger partial charge in [-0.2, -0.15) is 0 Å². The smallest absolute Gasteiger partial charge is 0.156 e. The average Bonchev–Trinajstić information content (AvgIpc) is 2.35. The van der Waals surface area contributed by atoms with Gasteiger partial charge in [0, 0.05) is 18.4 Å². The van der Waals surface area contributed by atoms with Gasteiger partial charge >= 0.3 is 0 Å². The Morgan fingerprint density at radius 1 is 1.24 bits per heavy atom. The van der Waals surface area contributed by atoms with E-state index < -0.39 is 0 Å². The fourth-order valence-electron chi connectivity index (χ4n) is 1.71. The molecule has 0 fully saturated rings. The van der Waals surface area contributed by atoms with Crippen molar-refractivity contribution in [1.82, 2.24) is 4.98 Å². The Bertz CT molecular complexity index is 496. The molecule has 0 saturated heterocycles. The van der Waals surface area contributed by atoms with E-state index in [0.717, 1.165) is 5.69 Å². The summed E-state index contributed by atoms with van der Waals surface area (Å²) in [6, 6.07) is 9.88. The summed E-state index contributed by atoms with van der Waals surface area (Å²) in [5.41, 5.74) is 7.37. The number of nitrogen functional groups attached to an aromatic ring is 1. The maximum absolute atomic E-state index is 12.9. The lowest BCUT2D eigenvalue weighted by molar-refractivity contribution is 0.628. The molecule has 0 aliphatic heterocycles. The van der Waals surface area contributed by atoms with E-state index in [9.17, 15) is 4.39 Å². The molecule has 1 aromatic carbocycles. The molecule has 0 bridgehead atoms. The molecule has 3 nitrogen and oxygen atoms in total. The molecular weight excluding hydrogens is 217 g/mol. The van der Waals surface area contributed by atoms with E-state index in [4.69, 9.17) is 5.73 Å². The van der Waals surface area contributed by atoms with Gasteiger partial charge in [0.2, 0.25) is 0 Å². The van der Waals surface area contributed by atoms with E-state index in [1.165, 1.54) is 12.1 Å². The van der Waals surface area contributed by atoms with Crippen molar-refractivity contribution in [2.45, 2.75) is 6.92 Å². The first-order valence-corrected chi connectivity index (χ1v) is 5.46. The first kappa shape index (κ1) is 11.4. The number of halogens is 1. The van der Waals surface area contributed by atoms with Gasteiger partial charge in [0.1, 0.15) is 5.82 Å². The number of nitrogens with zero attached hydrogens (tertiary/aromatic N) is 2. The highest BCUT2D eigenvalue weighted by atomic mass is 19.1. The minimum absolute atomic E-state index is 0.251. The molecule has 88 valence electrons. The van der Waals surface area contributed by atoms with Crippen LogP contribution in [0.3, 0.4) is 0 Å². The van der Waals surface area contributed by atoms with Gasteiger partial charge in [-0.3, -0.25) is 0 Å². The summed E-state index contributed by atoms with van der Waals surface area (Å²) < 4.78 is 12.9. The van der Waals surface area contributed by atoms with Crippen LogP contribution < -0.4 is 10.6 Å². The number of nitrogens with two attached hydrogens (primary N) is 1. The zero-order valence-corrected chi connectivity index (χ0v) is 9.60. The molecule has 0 saturated carbocycles. The van der Waals surface area contributed by atoms with Crippen molar-refractivity contribution in [3.8, 4) is 0 Å². The number of hydrogen-bond donors (Lipinski definition) is 1. The number of hydrogen-bond acceptors (Lipinski definition) is 3. The molecule has 2 aromatic rings. The predicted molar refractivity (Wildman–Crippen MR) is 67.7 cm³/mol. The number of anilines is 3. The van der Waals surface area contributed by atoms with Gasteiger partial charge in [0.25, 0.3) is 0 Å². The van der Waals surface area contributed by atoms with Crippen molar-refractivity contribution in [2.75, 3.05) is 17.2 Å². The molecule has 2 rings (SSSR count). The maximum atomic E-state index is 12.9. The molecule has 0 atom stereocenters. The third kappa shape index (κ3) is 2.36. The first-order chi connectivity index (χ1) is 8.22. The highest BCUT2D eigenvalue weighted by Crippen LogP contribution is 2.27. The zero-order valence-electron chi connectivity index (χ0n) is 9.60. The van der Waals surface area contributed by atoms with Gasteiger partial charge in [0.05, 0.1) is 5.69 Å².